The molecule has 1 atom stereocenters. The molecule has 1 aromatic rings. The summed E-state index contributed by atoms with van der Waals surface area (Å²) in [6.07, 6.45) is 1.15. The van der Waals surface area contributed by atoms with Crippen LogP contribution < -0.4 is 16.2 Å². The Labute approximate surface area is 120 Å². The first-order chi connectivity index (χ1) is 9.40. The van der Waals surface area contributed by atoms with E-state index in [1.54, 1.807) is 6.07 Å². The summed E-state index contributed by atoms with van der Waals surface area (Å²) in [5, 5.41) is 8.37. The van der Waals surface area contributed by atoms with Crippen LogP contribution in [0.15, 0.2) is 23.1 Å². The van der Waals surface area contributed by atoms with E-state index < -0.39 is 10.0 Å². The largest absolute Gasteiger partial charge is 0.397 e. The second-order valence-electron chi connectivity index (χ2n) is 5.22. The number of hydrogen-bond acceptors (Lipinski definition) is 5. The summed E-state index contributed by atoms with van der Waals surface area (Å²) in [6.45, 7) is 6.20. The lowest BCUT2D eigenvalue weighted by Gasteiger charge is -2.16. The van der Waals surface area contributed by atoms with Gasteiger partial charge in [0.2, 0.25) is 10.0 Å². The number of nitrogen functional groups attached to an aromatic ring is 1. The Balaban J connectivity index is 2.02. The van der Waals surface area contributed by atoms with Crippen molar-refractivity contribution < 1.29 is 8.42 Å². The molecule has 0 saturated carbocycles. The fourth-order valence-electron chi connectivity index (χ4n) is 2.49. The molecular weight excluding hydrogens is 276 g/mol. The Bertz CT molecular complexity index is 574. The number of hydrogen-bond donors (Lipinski definition) is 3. The predicted octanol–water partition coefficient (Wildman–Crippen LogP) is 0.670. The Morgan fingerprint density at radius 1 is 1.45 bits per heavy atom. The molecule has 6 nitrogen and oxygen atoms in total. The van der Waals surface area contributed by atoms with Gasteiger partial charge in [-0.25, -0.2) is 13.6 Å². The van der Waals surface area contributed by atoms with E-state index in [9.17, 15) is 8.42 Å². The summed E-state index contributed by atoms with van der Waals surface area (Å²) in [5.41, 5.74) is 7.02. The highest BCUT2D eigenvalue weighted by Gasteiger charge is 2.21. The molecule has 1 aliphatic rings. The predicted molar refractivity (Wildman–Crippen MR) is 80.9 cm³/mol. The van der Waals surface area contributed by atoms with E-state index in [1.807, 2.05) is 0 Å². The fraction of sp³-hybridized carbons (Fsp3) is 0.538. The number of rotatable bonds is 5. The smallest absolute Gasteiger partial charge is 0.238 e. The average molecular weight is 298 g/mol. The monoisotopic (exact) mass is 298 g/mol. The van der Waals surface area contributed by atoms with Gasteiger partial charge in [0.25, 0.3) is 0 Å². The molecule has 2 rings (SSSR count). The van der Waals surface area contributed by atoms with Gasteiger partial charge in [0.05, 0.1) is 16.3 Å². The maximum atomic E-state index is 11.3. The zero-order valence-electron chi connectivity index (χ0n) is 11.7. The second-order valence-corrected chi connectivity index (χ2v) is 6.78. The van der Waals surface area contributed by atoms with E-state index in [-0.39, 0.29) is 4.90 Å². The minimum Gasteiger partial charge on any atom is -0.397 e. The average Bonchev–Trinajstić information content (AvgIpc) is 2.84. The lowest BCUT2D eigenvalue weighted by atomic mass is 10.1. The van der Waals surface area contributed by atoms with Crippen LogP contribution in [0.2, 0.25) is 0 Å². The molecule has 1 heterocycles. The SMILES string of the molecule is CCN1CCC(CNc2cc(S(N)(=O)=O)ccc2N)C1. The highest BCUT2D eigenvalue weighted by molar-refractivity contribution is 7.89. The van der Waals surface area contributed by atoms with Gasteiger partial charge in [0.15, 0.2) is 0 Å². The molecule has 0 amide bonds. The minimum absolute atomic E-state index is 0.0795. The third-order valence-corrected chi connectivity index (χ3v) is 4.66. The number of anilines is 2. The lowest BCUT2D eigenvalue weighted by molar-refractivity contribution is 0.345. The quantitative estimate of drug-likeness (QED) is 0.694. The normalized spacial score (nSPS) is 20.2. The Morgan fingerprint density at radius 2 is 2.20 bits per heavy atom. The van der Waals surface area contributed by atoms with Crippen molar-refractivity contribution in [1.82, 2.24) is 4.90 Å². The molecule has 0 radical (unpaired) electrons. The van der Waals surface area contributed by atoms with E-state index in [2.05, 4.69) is 17.1 Å². The summed E-state index contributed by atoms with van der Waals surface area (Å²) in [5.74, 6) is 0.562. The highest BCUT2D eigenvalue weighted by atomic mass is 32.2. The molecule has 1 saturated heterocycles. The zero-order valence-corrected chi connectivity index (χ0v) is 12.5. The number of nitrogens with zero attached hydrogens (tertiary/aromatic N) is 1. The molecule has 20 heavy (non-hydrogen) atoms. The maximum Gasteiger partial charge on any atom is 0.238 e. The van der Waals surface area contributed by atoms with Crippen LogP contribution in [0.4, 0.5) is 11.4 Å². The molecule has 0 aromatic heterocycles. The second kappa shape index (κ2) is 5.99. The summed E-state index contributed by atoms with van der Waals surface area (Å²) >= 11 is 0. The number of nitrogens with two attached hydrogens (primary N) is 2. The van der Waals surface area contributed by atoms with Gasteiger partial charge in [-0.2, -0.15) is 0 Å². The van der Waals surface area contributed by atoms with Crippen molar-refractivity contribution in [2.75, 3.05) is 37.2 Å². The number of sulfonamides is 1. The van der Waals surface area contributed by atoms with Gasteiger partial charge in [0.1, 0.15) is 0 Å². The van der Waals surface area contributed by atoms with Crippen molar-refractivity contribution in [2.45, 2.75) is 18.2 Å². The minimum atomic E-state index is -3.70. The molecule has 1 aromatic carbocycles. The van der Waals surface area contributed by atoms with Crippen LogP contribution in [0.5, 0.6) is 0 Å². The molecule has 7 heteroatoms. The van der Waals surface area contributed by atoms with Crippen molar-refractivity contribution in [3.8, 4) is 0 Å². The van der Waals surface area contributed by atoms with Crippen LogP contribution in [0.25, 0.3) is 0 Å². The molecular formula is C13H22N4O2S. The summed E-state index contributed by atoms with van der Waals surface area (Å²) in [6, 6.07) is 4.48. The molecule has 1 unspecified atom stereocenters. The van der Waals surface area contributed by atoms with Gasteiger partial charge in [0, 0.05) is 13.1 Å². The van der Waals surface area contributed by atoms with Crippen molar-refractivity contribution in [3.63, 3.8) is 0 Å². The Hall–Kier alpha value is -1.31. The van der Waals surface area contributed by atoms with Crippen molar-refractivity contribution >= 4 is 21.4 Å². The van der Waals surface area contributed by atoms with Crippen LogP contribution in [0, 0.1) is 5.92 Å². The number of nitrogens with one attached hydrogen (secondary N) is 1. The van der Waals surface area contributed by atoms with Crippen LogP contribution in [0.3, 0.4) is 0 Å². The fourth-order valence-corrected chi connectivity index (χ4v) is 3.03. The highest BCUT2D eigenvalue weighted by Crippen LogP contribution is 2.24. The first-order valence-corrected chi connectivity index (χ1v) is 8.33. The van der Waals surface area contributed by atoms with Crippen molar-refractivity contribution in [3.05, 3.63) is 18.2 Å². The number of likely N-dealkylation sites (tertiary alicyclic amines) is 1. The Morgan fingerprint density at radius 3 is 2.80 bits per heavy atom. The van der Waals surface area contributed by atoms with Crippen LogP contribution in [0.1, 0.15) is 13.3 Å². The lowest BCUT2D eigenvalue weighted by Crippen LogP contribution is -2.22. The number of benzene rings is 1. The third-order valence-electron chi connectivity index (χ3n) is 3.75. The Kier molecular flexibility index (Phi) is 4.52. The van der Waals surface area contributed by atoms with Gasteiger partial charge in [-0.1, -0.05) is 6.92 Å². The first kappa shape index (κ1) is 15.1. The number of primary sulfonamides is 1. The molecule has 0 bridgehead atoms. The summed E-state index contributed by atoms with van der Waals surface area (Å²) < 4.78 is 22.7. The van der Waals surface area contributed by atoms with E-state index in [4.69, 9.17) is 10.9 Å². The zero-order chi connectivity index (χ0) is 14.8. The molecule has 1 fully saturated rings. The molecule has 5 N–H and O–H groups in total. The van der Waals surface area contributed by atoms with E-state index in [0.29, 0.717) is 17.3 Å². The molecule has 1 aliphatic heterocycles. The maximum absolute atomic E-state index is 11.3. The van der Waals surface area contributed by atoms with E-state index in [1.165, 1.54) is 12.1 Å². The van der Waals surface area contributed by atoms with E-state index >= 15 is 0 Å². The van der Waals surface area contributed by atoms with Gasteiger partial charge < -0.3 is 16.0 Å². The van der Waals surface area contributed by atoms with Crippen LogP contribution in [-0.2, 0) is 10.0 Å². The van der Waals surface area contributed by atoms with E-state index in [0.717, 1.165) is 32.6 Å². The van der Waals surface area contributed by atoms with Crippen LogP contribution in [-0.4, -0.2) is 39.5 Å². The summed E-state index contributed by atoms with van der Waals surface area (Å²) in [4.78, 5) is 2.48. The summed E-state index contributed by atoms with van der Waals surface area (Å²) in [7, 11) is -3.70. The van der Waals surface area contributed by atoms with Crippen LogP contribution >= 0.6 is 0 Å². The van der Waals surface area contributed by atoms with Gasteiger partial charge in [-0.05, 0) is 43.6 Å². The topological polar surface area (TPSA) is 101 Å². The molecule has 112 valence electrons. The van der Waals surface area contributed by atoms with Gasteiger partial charge in [-0.15, -0.1) is 0 Å². The standard InChI is InChI=1S/C13H22N4O2S/c1-2-17-6-5-10(9-17)8-16-13-7-11(20(15,18)19)3-4-12(13)14/h3-4,7,10,16H,2,5-6,8-9,14H2,1H3,(H2,15,18,19). The first-order valence-electron chi connectivity index (χ1n) is 6.78. The third kappa shape index (κ3) is 3.62. The molecule has 0 spiro atoms. The molecule has 0 aliphatic carbocycles. The van der Waals surface area contributed by atoms with Crippen molar-refractivity contribution in [2.24, 2.45) is 11.1 Å². The van der Waals surface area contributed by atoms with Crippen molar-refractivity contribution in [1.29, 1.82) is 0 Å². The van der Waals surface area contributed by atoms with Gasteiger partial charge >= 0.3 is 0 Å². The van der Waals surface area contributed by atoms with Gasteiger partial charge in [-0.3, -0.25) is 0 Å².